The Morgan fingerprint density at radius 2 is 2.00 bits per heavy atom. The van der Waals surface area contributed by atoms with E-state index in [9.17, 15) is 4.79 Å². The molecule has 0 aliphatic heterocycles. The fourth-order valence-corrected chi connectivity index (χ4v) is 2.91. The average molecular weight is 241 g/mol. The Morgan fingerprint density at radius 3 is 2.76 bits per heavy atom. The van der Waals surface area contributed by atoms with Crippen molar-refractivity contribution in [3.8, 4) is 10.4 Å². The van der Waals surface area contributed by atoms with Crippen LogP contribution in [0.5, 0.6) is 0 Å². The van der Waals surface area contributed by atoms with Crippen LogP contribution >= 0.6 is 11.3 Å². The van der Waals surface area contributed by atoms with Crippen molar-refractivity contribution in [1.82, 2.24) is 4.98 Å². The predicted molar refractivity (Wildman–Crippen MR) is 72.6 cm³/mol. The van der Waals surface area contributed by atoms with Gasteiger partial charge in [0.05, 0.1) is 0 Å². The first-order chi connectivity index (χ1) is 8.24. The molecule has 0 saturated carbocycles. The number of aromatic amines is 1. The van der Waals surface area contributed by atoms with Crippen LogP contribution in [0.25, 0.3) is 21.3 Å². The van der Waals surface area contributed by atoms with E-state index in [0.29, 0.717) is 0 Å². The van der Waals surface area contributed by atoms with Gasteiger partial charge in [0.25, 0.3) is 0 Å². The zero-order valence-electron chi connectivity index (χ0n) is 9.36. The summed E-state index contributed by atoms with van der Waals surface area (Å²) < 4.78 is 0. The van der Waals surface area contributed by atoms with Crippen LogP contribution in [0.2, 0.25) is 0 Å². The van der Waals surface area contributed by atoms with Crippen molar-refractivity contribution >= 4 is 22.2 Å². The highest BCUT2D eigenvalue weighted by Crippen LogP contribution is 2.31. The molecule has 0 saturated heterocycles. The van der Waals surface area contributed by atoms with Crippen LogP contribution in [0.4, 0.5) is 0 Å². The van der Waals surface area contributed by atoms with Gasteiger partial charge >= 0.3 is 0 Å². The van der Waals surface area contributed by atoms with Crippen LogP contribution in [0.3, 0.4) is 0 Å². The Kier molecular flexibility index (Phi) is 2.34. The van der Waals surface area contributed by atoms with Gasteiger partial charge in [-0.15, -0.1) is 11.3 Å². The van der Waals surface area contributed by atoms with E-state index in [1.165, 1.54) is 5.56 Å². The molecular weight excluding hydrogens is 230 g/mol. The van der Waals surface area contributed by atoms with Crippen molar-refractivity contribution < 1.29 is 0 Å². The zero-order valence-corrected chi connectivity index (χ0v) is 10.2. The smallest absolute Gasteiger partial charge is 0.249 e. The molecule has 0 unspecified atom stereocenters. The minimum atomic E-state index is -0.0512. The first-order valence-electron chi connectivity index (χ1n) is 5.41. The van der Waals surface area contributed by atoms with Gasteiger partial charge in [0.15, 0.2) is 0 Å². The number of benzene rings is 1. The van der Waals surface area contributed by atoms with E-state index in [0.717, 1.165) is 21.3 Å². The fourth-order valence-electron chi connectivity index (χ4n) is 1.98. The highest BCUT2D eigenvalue weighted by Gasteiger charge is 2.07. The maximum atomic E-state index is 11.6. The number of aromatic nitrogens is 1. The summed E-state index contributed by atoms with van der Waals surface area (Å²) in [6.07, 6.45) is 0. The standard InChI is InChI=1S/C14H11NOS/c1-9-6-13(17-8-9)11-7-14(16)15-12-5-3-2-4-10(11)12/h2-8H,1H3,(H,15,16). The lowest BCUT2D eigenvalue weighted by molar-refractivity contribution is 1.31. The molecule has 0 aliphatic carbocycles. The minimum Gasteiger partial charge on any atom is -0.322 e. The van der Waals surface area contributed by atoms with Gasteiger partial charge in [-0.25, -0.2) is 0 Å². The van der Waals surface area contributed by atoms with Crippen LogP contribution < -0.4 is 5.56 Å². The van der Waals surface area contributed by atoms with Crippen LogP contribution in [0.15, 0.2) is 46.6 Å². The lowest BCUT2D eigenvalue weighted by atomic mass is 10.1. The van der Waals surface area contributed by atoms with Crippen molar-refractivity contribution in [2.24, 2.45) is 0 Å². The Balaban J connectivity index is 2.39. The highest BCUT2D eigenvalue weighted by molar-refractivity contribution is 7.13. The second-order valence-corrected chi connectivity index (χ2v) is 4.99. The lowest BCUT2D eigenvalue weighted by Crippen LogP contribution is -2.04. The molecule has 2 heterocycles. The summed E-state index contributed by atoms with van der Waals surface area (Å²) in [5.74, 6) is 0. The monoisotopic (exact) mass is 241 g/mol. The second kappa shape index (κ2) is 3.86. The van der Waals surface area contributed by atoms with E-state index in [1.54, 1.807) is 17.4 Å². The molecule has 2 nitrogen and oxygen atoms in total. The number of fused-ring (bicyclic) bond motifs is 1. The van der Waals surface area contributed by atoms with Crippen molar-refractivity contribution in [2.45, 2.75) is 6.92 Å². The molecular formula is C14H11NOS. The number of para-hydroxylation sites is 1. The Morgan fingerprint density at radius 1 is 1.18 bits per heavy atom. The highest BCUT2D eigenvalue weighted by atomic mass is 32.1. The quantitative estimate of drug-likeness (QED) is 0.694. The number of nitrogens with one attached hydrogen (secondary N) is 1. The van der Waals surface area contributed by atoms with Crippen molar-refractivity contribution in [3.63, 3.8) is 0 Å². The third-order valence-electron chi connectivity index (χ3n) is 2.75. The molecule has 1 aromatic carbocycles. The summed E-state index contributed by atoms with van der Waals surface area (Å²) >= 11 is 1.67. The molecule has 2 aromatic heterocycles. The topological polar surface area (TPSA) is 32.9 Å². The number of rotatable bonds is 1. The van der Waals surface area contributed by atoms with Gasteiger partial charge in [-0.05, 0) is 30.0 Å². The van der Waals surface area contributed by atoms with E-state index >= 15 is 0 Å². The molecule has 3 heteroatoms. The minimum absolute atomic E-state index is 0.0512. The van der Waals surface area contributed by atoms with Crippen LogP contribution in [0, 0.1) is 6.92 Å². The predicted octanol–water partition coefficient (Wildman–Crippen LogP) is 3.57. The van der Waals surface area contributed by atoms with Crippen LogP contribution in [0.1, 0.15) is 5.56 Å². The first kappa shape index (κ1) is 10.3. The maximum Gasteiger partial charge on any atom is 0.249 e. The molecule has 0 bridgehead atoms. The van der Waals surface area contributed by atoms with Crippen molar-refractivity contribution in [3.05, 3.63) is 57.7 Å². The summed E-state index contributed by atoms with van der Waals surface area (Å²) in [4.78, 5) is 15.6. The fraction of sp³-hybridized carbons (Fsp3) is 0.0714. The van der Waals surface area contributed by atoms with Gasteiger partial charge in [-0.2, -0.15) is 0 Å². The van der Waals surface area contributed by atoms with Gasteiger partial charge in [-0.1, -0.05) is 18.2 Å². The molecule has 0 radical (unpaired) electrons. The third kappa shape index (κ3) is 1.78. The van der Waals surface area contributed by atoms with Crippen molar-refractivity contribution in [1.29, 1.82) is 0 Å². The third-order valence-corrected chi connectivity index (χ3v) is 3.83. The van der Waals surface area contributed by atoms with E-state index in [-0.39, 0.29) is 5.56 Å². The second-order valence-electron chi connectivity index (χ2n) is 4.08. The Bertz CT molecular complexity index is 739. The van der Waals surface area contributed by atoms with Gasteiger partial charge in [0.1, 0.15) is 0 Å². The molecule has 0 amide bonds. The van der Waals surface area contributed by atoms with Gasteiger partial charge < -0.3 is 4.98 Å². The van der Waals surface area contributed by atoms with Gasteiger partial charge in [0, 0.05) is 27.4 Å². The van der Waals surface area contributed by atoms with Crippen molar-refractivity contribution in [2.75, 3.05) is 0 Å². The summed E-state index contributed by atoms with van der Waals surface area (Å²) in [5.41, 5.74) is 3.09. The van der Waals surface area contributed by atoms with E-state index in [2.05, 4.69) is 23.4 Å². The molecule has 3 rings (SSSR count). The summed E-state index contributed by atoms with van der Waals surface area (Å²) in [6, 6.07) is 11.7. The number of aryl methyl sites for hydroxylation is 1. The first-order valence-corrected chi connectivity index (χ1v) is 6.29. The number of hydrogen-bond donors (Lipinski definition) is 1. The molecule has 0 atom stereocenters. The largest absolute Gasteiger partial charge is 0.322 e. The van der Waals surface area contributed by atoms with Gasteiger partial charge in [0.2, 0.25) is 5.56 Å². The van der Waals surface area contributed by atoms with Crippen LogP contribution in [-0.2, 0) is 0 Å². The average Bonchev–Trinajstić information content (AvgIpc) is 2.74. The lowest BCUT2D eigenvalue weighted by Gasteiger charge is -2.03. The maximum absolute atomic E-state index is 11.6. The molecule has 1 N–H and O–H groups in total. The molecule has 84 valence electrons. The molecule has 0 aliphatic rings. The van der Waals surface area contributed by atoms with E-state index in [4.69, 9.17) is 0 Å². The normalized spacial score (nSPS) is 10.9. The Labute approximate surface area is 103 Å². The van der Waals surface area contributed by atoms with E-state index < -0.39 is 0 Å². The number of hydrogen-bond acceptors (Lipinski definition) is 2. The number of pyridine rings is 1. The van der Waals surface area contributed by atoms with Crippen LogP contribution in [-0.4, -0.2) is 4.98 Å². The molecule has 0 fully saturated rings. The molecule has 0 spiro atoms. The van der Waals surface area contributed by atoms with E-state index in [1.807, 2.05) is 24.3 Å². The number of thiophene rings is 1. The SMILES string of the molecule is Cc1csc(-c2cc(=O)[nH]c3ccccc23)c1. The molecule has 17 heavy (non-hydrogen) atoms. The zero-order chi connectivity index (χ0) is 11.8. The summed E-state index contributed by atoms with van der Waals surface area (Å²) in [5, 5.41) is 3.19. The molecule has 3 aromatic rings. The summed E-state index contributed by atoms with van der Waals surface area (Å²) in [6.45, 7) is 2.06. The summed E-state index contributed by atoms with van der Waals surface area (Å²) in [7, 11) is 0. The number of H-pyrrole nitrogens is 1. The van der Waals surface area contributed by atoms with Gasteiger partial charge in [-0.3, -0.25) is 4.79 Å². The Hall–Kier alpha value is -1.87.